The smallest absolute Gasteiger partial charge is 0.544 e. The van der Waals surface area contributed by atoms with E-state index in [9.17, 15) is 19.8 Å². The maximum absolute atomic E-state index is 10.2. The minimum absolute atomic E-state index is 0. The number of carboxylic acids is 2. The van der Waals surface area contributed by atoms with Gasteiger partial charge in [0, 0.05) is 0 Å². The van der Waals surface area contributed by atoms with Crippen molar-refractivity contribution in [2.75, 3.05) is 13.2 Å². The molecule has 1 aliphatic rings. The minimum Gasteiger partial charge on any atom is -0.544 e. The van der Waals surface area contributed by atoms with Gasteiger partial charge in [-0.3, -0.25) is 0 Å². The average molecular weight is 206 g/mol. The number of ether oxygens (including phenoxy) is 2. The molecule has 0 atom stereocenters. The summed E-state index contributed by atoms with van der Waals surface area (Å²) < 4.78 is 8.63. The summed E-state index contributed by atoms with van der Waals surface area (Å²) in [6.07, 6.45) is 0. The molecule has 1 fully saturated rings. The van der Waals surface area contributed by atoms with Gasteiger partial charge in [0.05, 0.1) is 13.2 Å². The summed E-state index contributed by atoms with van der Waals surface area (Å²) in [6.45, 7) is -0.191. The fourth-order valence-electron chi connectivity index (χ4n) is 0.731. The van der Waals surface area contributed by atoms with E-state index in [2.05, 4.69) is 9.47 Å². The number of rotatable bonds is 2. The van der Waals surface area contributed by atoms with Gasteiger partial charge in [-0.2, -0.15) is 0 Å². The topological polar surface area (TPSA) is 98.7 Å². The normalized spacial score (nSPS) is 18.2. The van der Waals surface area contributed by atoms with Crippen molar-refractivity contribution in [3.05, 3.63) is 0 Å². The molecule has 0 amide bonds. The molecule has 0 aliphatic carbocycles. The van der Waals surface area contributed by atoms with Gasteiger partial charge >= 0.3 is 59.1 Å². The van der Waals surface area contributed by atoms with E-state index in [1.807, 2.05) is 0 Å². The van der Waals surface area contributed by atoms with Gasteiger partial charge < -0.3 is 29.3 Å². The Balaban J connectivity index is 0. The molecule has 0 N–H and O–H groups in total. The Bertz CT molecular complexity index is 183. The SMILES string of the molecule is O=C([O-])C1(C(=O)[O-])OCCO1.[Na+].[Na+]. The second-order valence-corrected chi connectivity index (χ2v) is 1.89. The average Bonchev–Trinajstić information content (AvgIpc) is 2.34. The quantitative estimate of drug-likeness (QED) is 0.328. The van der Waals surface area contributed by atoms with Crippen molar-refractivity contribution in [1.29, 1.82) is 0 Å². The van der Waals surface area contributed by atoms with E-state index in [-0.39, 0.29) is 72.3 Å². The second kappa shape index (κ2) is 6.36. The van der Waals surface area contributed by atoms with Crippen molar-refractivity contribution < 1.29 is 88.4 Å². The van der Waals surface area contributed by atoms with Gasteiger partial charge in [0.2, 0.25) is 0 Å². The summed E-state index contributed by atoms with van der Waals surface area (Å²) in [5.41, 5.74) is 0. The summed E-state index contributed by atoms with van der Waals surface area (Å²) >= 11 is 0. The van der Waals surface area contributed by atoms with E-state index in [1.54, 1.807) is 0 Å². The van der Waals surface area contributed by atoms with Crippen LogP contribution >= 0.6 is 0 Å². The fourth-order valence-corrected chi connectivity index (χ4v) is 0.731. The van der Waals surface area contributed by atoms with Crippen LogP contribution in [0.1, 0.15) is 0 Å². The van der Waals surface area contributed by atoms with Gasteiger partial charge in [-0.05, 0) is 0 Å². The summed E-state index contributed by atoms with van der Waals surface area (Å²) in [7, 11) is 0. The van der Waals surface area contributed by atoms with Crippen LogP contribution in [0.4, 0.5) is 0 Å². The Kier molecular flexibility index (Phi) is 7.98. The predicted molar refractivity (Wildman–Crippen MR) is 24.6 cm³/mol. The van der Waals surface area contributed by atoms with Gasteiger partial charge in [0.15, 0.2) is 0 Å². The largest absolute Gasteiger partial charge is 1.00 e. The molecular weight excluding hydrogens is 202 g/mol. The summed E-state index contributed by atoms with van der Waals surface area (Å²) in [5.74, 6) is -6.59. The Morgan fingerprint density at radius 1 is 1.00 bits per heavy atom. The van der Waals surface area contributed by atoms with Gasteiger partial charge in [0.1, 0.15) is 11.9 Å². The van der Waals surface area contributed by atoms with Crippen LogP contribution in [0.5, 0.6) is 0 Å². The van der Waals surface area contributed by atoms with Gasteiger partial charge in [-0.15, -0.1) is 0 Å². The molecule has 0 aromatic rings. The van der Waals surface area contributed by atoms with Crippen LogP contribution < -0.4 is 69.3 Å². The van der Waals surface area contributed by atoms with Crippen LogP contribution in [-0.4, -0.2) is 30.9 Å². The molecule has 0 bridgehead atoms. The molecule has 1 heterocycles. The first kappa shape index (κ1) is 16.3. The third kappa shape index (κ3) is 3.17. The molecule has 0 spiro atoms. The van der Waals surface area contributed by atoms with Crippen LogP contribution in [0.25, 0.3) is 0 Å². The molecule has 6 nitrogen and oxygen atoms in total. The van der Waals surface area contributed by atoms with E-state index in [0.29, 0.717) is 0 Å². The zero-order chi connectivity index (χ0) is 8.48. The first-order valence-electron chi connectivity index (χ1n) is 2.80. The van der Waals surface area contributed by atoms with Crippen LogP contribution in [0, 0.1) is 0 Å². The van der Waals surface area contributed by atoms with Crippen molar-refractivity contribution in [2.45, 2.75) is 5.79 Å². The molecule has 0 radical (unpaired) electrons. The minimum atomic E-state index is -2.69. The predicted octanol–water partition coefficient (Wildman–Crippen LogP) is -9.76. The molecule has 1 rings (SSSR count). The molecule has 1 saturated heterocycles. The number of hydrogen-bond donors (Lipinski definition) is 0. The van der Waals surface area contributed by atoms with Crippen molar-refractivity contribution in [3.8, 4) is 0 Å². The molecule has 0 unspecified atom stereocenters. The molecule has 62 valence electrons. The maximum atomic E-state index is 10.2. The molecule has 0 aromatic heterocycles. The van der Waals surface area contributed by atoms with E-state index in [1.165, 1.54) is 0 Å². The monoisotopic (exact) mass is 206 g/mol. The van der Waals surface area contributed by atoms with E-state index in [0.717, 1.165) is 0 Å². The Morgan fingerprint density at radius 3 is 1.46 bits per heavy atom. The van der Waals surface area contributed by atoms with Crippen molar-refractivity contribution in [1.82, 2.24) is 0 Å². The van der Waals surface area contributed by atoms with Crippen molar-refractivity contribution in [3.63, 3.8) is 0 Å². The van der Waals surface area contributed by atoms with Gasteiger partial charge in [-0.1, -0.05) is 0 Å². The molecule has 13 heavy (non-hydrogen) atoms. The van der Waals surface area contributed by atoms with Gasteiger partial charge in [0.25, 0.3) is 5.79 Å². The molecule has 8 heteroatoms. The fraction of sp³-hybridized carbons (Fsp3) is 0.600. The van der Waals surface area contributed by atoms with Gasteiger partial charge in [-0.25, -0.2) is 0 Å². The Morgan fingerprint density at radius 2 is 1.31 bits per heavy atom. The van der Waals surface area contributed by atoms with Crippen LogP contribution in [0.3, 0.4) is 0 Å². The third-order valence-electron chi connectivity index (χ3n) is 1.23. The maximum Gasteiger partial charge on any atom is 1.00 e. The van der Waals surface area contributed by atoms with Crippen LogP contribution in [0.2, 0.25) is 0 Å². The van der Waals surface area contributed by atoms with Crippen molar-refractivity contribution >= 4 is 11.9 Å². The number of carbonyl (C=O) groups is 2. The third-order valence-corrected chi connectivity index (χ3v) is 1.23. The number of carboxylic acid groups (broad SMARTS) is 2. The standard InChI is InChI=1S/C5H6O6.2Na/c6-3(7)5(4(8)9)10-1-2-11-5;;/h1-2H2,(H,6,7)(H,8,9);;/q;2*+1/p-2. The van der Waals surface area contributed by atoms with E-state index < -0.39 is 17.7 Å². The molecule has 1 aliphatic heterocycles. The first-order valence-corrected chi connectivity index (χ1v) is 2.80. The summed E-state index contributed by atoms with van der Waals surface area (Å²) in [5, 5.41) is 20.4. The zero-order valence-electron chi connectivity index (χ0n) is 7.36. The van der Waals surface area contributed by atoms with E-state index in [4.69, 9.17) is 0 Å². The molecule has 0 saturated carbocycles. The van der Waals surface area contributed by atoms with Crippen LogP contribution in [0.15, 0.2) is 0 Å². The van der Waals surface area contributed by atoms with E-state index >= 15 is 0 Å². The summed E-state index contributed by atoms with van der Waals surface area (Å²) in [6, 6.07) is 0. The van der Waals surface area contributed by atoms with Crippen molar-refractivity contribution in [2.24, 2.45) is 0 Å². The zero-order valence-corrected chi connectivity index (χ0v) is 11.4. The molecular formula is C5H4Na2O6. The molecule has 0 aromatic carbocycles. The second-order valence-electron chi connectivity index (χ2n) is 1.89. The number of hydrogen-bond acceptors (Lipinski definition) is 6. The Hall–Kier alpha value is 0.860. The first-order chi connectivity index (χ1) is 5.09. The summed E-state index contributed by atoms with van der Waals surface area (Å²) in [4.78, 5) is 20.4. The Labute approximate surface area is 118 Å². The number of carbonyl (C=O) groups excluding carboxylic acids is 2. The van der Waals surface area contributed by atoms with Crippen LogP contribution in [-0.2, 0) is 19.1 Å². The number of aliphatic carboxylic acids is 2.